The van der Waals surface area contributed by atoms with Crippen molar-refractivity contribution in [2.45, 2.75) is 38.0 Å². The van der Waals surface area contributed by atoms with Crippen molar-refractivity contribution in [1.29, 1.82) is 0 Å². The maximum atomic E-state index is 12.2. The molecule has 1 aliphatic rings. The number of hydrogen-bond acceptors (Lipinski definition) is 5. The summed E-state index contributed by atoms with van der Waals surface area (Å²) >= 11 is 0. The van der Waals surface area contributed by atoms with E-state index in [1.807, 2.05) is 72.8 Å². The highest BCUT2D eigenvalue weighted by molar-refractivity contribution is 5.74. The average Bonchev–Trinajstić information content (AvgIpc) is 2.89. The number of aliphatic carboxylic acids is 1. The molecule has 1 heterocycles. The third-order valence-corrected chi connectivity index (χ3v) is 6.34. The molecule has 0 saturated carbocycles. The summed E-state index contributed by atoms with van der Waals surface area (Å²) in [6, 6.07) is 22.8. The van der Waals surface area contributed by atoms with Gasteiger partial charge in [0.25, 0.3) is 0 Å². The first-order valence-corrected chi connectivity index (χ1v) is 11.6. The number of methoxy groups -OCH3 is 2. The first-order valence-electron chi connectivity index (χ1n) is 11.6. The lowest BCUT2D eigenvalue weighted by atomic mass is 9.91. The second kappa shape index (κ2) is 11.1. The predicted molar refractivity (Wildman–Crippen MR) is 131 cm³/mol. The zero-order valence-electron chi connectivity index (χ0n) is 19.6. The number of hydrogen-bond donors (Lipinski definition) is 1. The summed E-state index contributed by atoms with van der Waals surface area (Å²) in [5.41, 5.74) is 2.93. The molecule has 2 atom stereocenters. The molecule has 0 amide bonds. The largest absolute Gasteiger partial charge is 0.493 e. The SMILES string of the molecule is COc1ccc(C(c2ccccc2OCc2ccccc2)N2CCCCC2C(=O)O)cc1OC. The van der Waals surface area contributed by atoms with Crippen molar-refractivity contribution >= 4 is 5.97 Å². The topological polar surface area (TPSA) is 68.2 Å². The van der Waals surface area contributed by atoms with Crippen molar-refractivity contribution in [1.82, 2.24) is 4.90 Å². The molecule has 6 nitrogen and oxygen atoms in total. The molecule has 178 valence electrons. The van der Waals surface area contributed by atoms with Crippen LogP contribution in [0.15, 0.2) is 72.8 Å². The summed E-state index contributed by atoms with van der Waals surface area (Å²) in [6.07, 6.45) is 2.46. The number of carbonyl (C=O) groups is 1. The lowest BCUT2D eigenvalue weighted by molar-refractivity contribution is -0.145. The van der Waals surface area contributed by atoms with E-state index in [9.17, 15) is 9.90 Å². The summed E-state index contributed by atoms with van der Waals surface area (Å²) in [5.74, 6) is 1.18. The summed E-state index contributed by atoms with van der Waals surface area (Å²) in [5, 5.41) is 10.0. The molecule has 0 spiro atoms. The van der Waals surface area contributed by atoms with E-state index in [4.69, 9.17) is 14.2 Å². The van der Waals surface area contributed by atoms with E-state index in [-0.39, 0.29) is 6.04 Å². The van der Waals surface area contributed by atoms with Crippen LogP contribution >= 0.6 is 0 Å². The molecule has 3 aromatic carbocycles. The fraction of sp³-hybridized carbons (Fsp3) is 0.321. The Bertz CT molecular complexity index is 1100. The predicted octanol–water partition coefficient (Wildman–Crippen LogP) is 5.31. The van der Waals surface area contributed by atoms with Gasteiger partial charge in [0.05, 0.1) is 20.3 Å². The van der Waals surface area contributed by atoms with Gasteiger partial charge in [-0.05, 0) is 48.7 Å². The number of benzene rings is 3. The van der Waals surface area contributed by atoms with E-state index in [2.05, 4.69) is 4.90 Å². The molecule has 0 aliphatic carbocycles. The normalized spacial score (nSPS) is 17.1. The number of likely N-dealkylation sites (tertiary alicyclic amines) is 1. The maximum Gasteiger partial charge on any atom is 0.320 e. The average molecular weight is 462 g/mol. The summed E-state index contributed by atoms with van der Waals surface area (Å²) in [7, 11) is 3.21. The summed E-state index contributed by atoms with van der Waals surface area (Å²) in [6.45, 7) is 1.11. The Hall–Kier alpha value is -3.51. The maximum absolute atomic E-state index is 12.2. The van der Waals surface area contributed by atoms with Crippen LogP contribution < -0.4 is 14.2 Å². The molecular weight excluding hydrogens is 430 g/mol. The van der Waals surface area contributed by atoms with Gasteiger partial charge in [-0.25, -0.2) is 0 Å². The van der Waals surface area contributed by atoms with Gasteiger partial charge >= 0.3 is 5.97 Å². The Kier molecular flexibility index (Phi) is 7.70. The lowest BCUT2D eigenvalue weighted by Crippen LogP contribution is -2.46. The van der Waals surface area contributed by atoms with Crippen LogP contribution in [0.1, 0.15) is 42.0 Å². The number of para-hydroxylation sites is 1. The van der Waals surface area contributed by atoms with Crippen LogP contribution in [0.25, 0.3) is 0 Å². The zero-order chi connectivity index (χ0) is 23.9. The molecule has 3 aromatic rings. The van der Waals surface area contributed by atoms with Crippen LogP contribution in [0.2, 0.25) is 0 Å². The smallest absolute Gasteiger partial charge is 0.320 e. The Labute approximate surface area is 200 Å². The van der Waals surface area contributed by atoms with Crippen LogP contribution in [0.3, 0.4) is 0 Å². The Morgan fingerprint density at radius 1 is 0.941 bits per heavy atom. The molecule has 2 unspecified atom stereocenters. The molecule has 0 bridgehead atoms. The molecule has 4 rings (SSSR count). The fourth-order valence-corrected chi connectivity index (χ4v) is 4.67. The quantitative estimate of drug-likeness (QED) is 0.466. The van der Waals surface area contributed by atoms with Crippen molar-refractivity contribution in [3.05, 3.63) is 89.5 Å². The van der Waals surface area contributed by atoms with Crippen LogP contribution in [-0.2, 0) is 11.4 Å². The van der Waals surface area contributed by atoms with Crippen molar-refractivity contribution in [2.24, 2.45) is 0 Å². The van der Waals surface area contributed by atoms with E-state index in [1.165, 1.54) is 0 Å². The van der Waals surface area contributed by atoms with E-state index < -0.39 is 12.0 Å². The van der Waals surface area contributed by atoms with E-state index in [0.29, 0.717) is 31.1 Å². The van der Waals surface area contributed by atoms with Gasteiger partial charge in [-0.3, -0.25) is 9.69 Å². The van der Waals surface area contributed by atoms with E-state index in [1.54, 1.807) is 14.2 Å². The lowest BCUT2D eigenvalue weighted by Gasteiger charge is -2.40. The van der Waals surface area contributed by atoms with Gasteiger partial charge in [0.1, 0.15) is 18.4 Å². The highest BCUT2D eigenvalue weighted by atomic mass is 16.5. The third-order valence-electron chi connectivity index (χ3n) is 6.34. The Balaban J connectivity index is 1.78. The second-order valence-electron chi connectivity index (χ2n) is 8.42. The second-order valence-corrected chi connectivity index (χ2v) is 8.42. The van der Waals surface area contributed by atoms with Crippen molar-refractivity contribution in [3.8, 4) is 17.2 Å². The van der Waals surface area contributed by atoms with Crippen LogP contribution in [0.5, 0.6) is 17.2 Å². The number of ether oxygens (including phenoxy) is 3. The number of nitrogens with zero attached hydrogens (tertiary/aromatic N) is 1. The highest BCUT2D eigenvalue weighted by Crippen LogP contribution is 2.41. The summed E-state index contributed by atoms with van der Waals surface area (Å²) < 4.78 is 17.3. The summed E-state index contributed by atoms with van der Waals surface area (Å²) in [4.78, 5) is 14.3. The molecule has 1 fully saturated rings. The van der Waals surface area contributed by atoms with Crippen LogP contribution in [-0.4, -0.2) is 42.8 Å². The monoisotopic (exact) mass is 461 g/mol. The van der Waals surface area contributed by atoms with Gasteiger partial charge in [0.15, 0.2) is 11.5 Å². The molecule has 0 aromatic heterocycles. The Morgan fingerprint density at radius 3 is 2.41 bits per heavy atom. The minimum absolute atomic E-state index is 0.312. The Morgan fingerprint density at radius 2 is 1.68 bits per heavy atom. The minimum atomic E-state index is -0.798. The first-order chi connectivity index (χ1) is 16.6. The van der Waals surface area contributed by atoms with Crippen molar-refractivity contribution in [3.63, 3.8) is 0 Å². The molecule has 6 heteroatoms. The van der Waals surface area contributed by atoms with E-state index in [0.717, 1.165) is 35.3 Å². The zero-order valence-corrected chi connectivity index (χ0v) is 19.6. The van der Waals surface area contributed by atoms with Gasteiger partial charge in [0, 0.05) is 5.56 Å². The number of rotatable bonds is 9. The van der Waals surface area contributed by atoms with Gasteiger partial charge in [-0.1, -0.05) is 61.0 Å². The molecule has 1 N–H and O–H groups in total. The van der Waals surface area contributed by atoms with Crippen LogP contribution in [0.4, 0.5) is 0 Å². The van der Waals surface area contributed by atoms with Crippen LogP contribution in [0, 0.1) is 0 Å². The van der Waals surface area contributed by atoms with Crippen molar-refractivity contribution < 1.29 is 24.1 Å². The third kappa shape index (κ3) is 5.18. The van der Waals surface area contributed by atoms with Gasteiger partial charge < -0.3 is 19.3 Å². The van der Waals surface area contributed by atoms with Gasteiger partial charge in [-0.2, -0.15) is 0 Å². The number of carboxylic acid groups (broad SMARTS) is 1. The minimum Gasteiger partial charge on any atom is -0.493 e. The number of piperidine rings is 1. The number of carboxylic acids is 1. The molecule has 1 aliphatic heterocycles. The first kappa shape index (κ1) is 23.6. The molecular formula is C28H31NO5. The van der Waals surface area contributed by atoms with Gasteiger partial charge in [-0.15, -0.1) is 0 Å². The molecule has 0 radical (unpaired) electrons. The van der Waals surface area contributed by atoms with E-state index >= 15 is 0 Å². The molecule has 34 heavy (non-hydrogen) atoms. The van der Waals surface area contributed by atoms with Crippen molar-refractivity contribution in [2.75, 3.05) is 20.8 Å². The highest BCUT2D eigenvalue weighted by Gasteiger charge is 2.36. The van der Waals surface area contributed by atoms with Gasteiger partial charge in [0.2, 0.25) is 0 Å². The molecule has 1 saturated heterocycles. The fourth-order valence-electron chi connectivity index (χ4n) is 4.67. The standard InChI is InChI=1S/C28H31NO5/c1-32-25-16-15-21(18-26(25)33-2)27(29-17-9-8-13-23(29)28(30)31)22-12-6-7-14-24(22)34-19-20-10-4-3-5-11-20/h3-7,10-12,14-16,18,23,27H,8-9,13,17,19H2,1-2H3,(H,30,31).